The lowest BCUT2D eigenvalue weighted by atomic mass is 10.1. The summed E-state index contributed by atoms with van der Waals surface area (Å²) >= 11 is 0. The van der Waals surface area contributed by atoms with Crippen molar-refractivity contribution in [3.05, 3.63) is 29.8 Å². The Kier molecular flexibility index (Phi) is 3.69. The third kappa shape index (κ3) is 2.89. The van der Waals surface area contributed by atoms with E-state index >= 15 is 0 Å². The minimum atomic E-state index is -3.50. The average Bonchev–Trinajstić information content (AvgIpc) is 2.74. The molecule has 4 nitrogen and oxygen atoms in total. The SMILES string of the molecule is CC1CCC(NS(=O)(=O)c2cccc(C#N)c2)C1. The van der Waals surface area contributed by atoms with Gasteiger partial charge in [0.05, 0.1) is 16.5 Å². The van der Waals surface area contributed by atoms with Gasteiger partial charge < -0.3 is 0 Å². The first-order chi connectivity index (χ1) is 8.51. The highest BCUT2D eigenvalue weighted by Gasteiger charge is 2.26. The van der Waals surface area contributed by atoms with Crippen LogP contribution in [0.15, 0.2) is 29.2 Å². The van der Waals surface area contributed by atoms with Crippen molar-refractivity contribution in [3.63, 3.8) is 0 Å². The Bertz CT molecular complexity index is 575. The molecule has 0 radical (unpaired) electrons. The second-order valence-electron chi connectivity index (χ2n) is 4.88. The van der Waals surface area contributed by atoms with E-state index < -0.39 is 10.0 Å². The summed E-state index contributed by atoms with van der Waals surface area (Å²) in [4.78, 5) is 0.168. The van der Waals surface area contributed by atoms with Crippen molar-refractivity contribution in [3.8, 4) is 6.07 Å². The van der Waals surface area contributed by atoms with E-state index in [2.05, 4.69) is 11.6 Å². The van der Waals surface area contributed by atoms with Gasteiger partial charge in [-0.1, -0.05) is 13.0 Å². The molecule has 0 heterocycles. The molecule has 5 heteroatoms. The smallest absolute Gasteiger partial charge is 0.208 e. The van der Waals surface area contributed by atoms with Crippen LogP contribution in [0.5, 0.6) is 0 Å². The van der Waals surface area contributed by atoms with Gasteiger partial charge in [-0.25, -0.2) is 13.1 Å². The Labute approximate surface area is 108 Å². The van der Waals surface area contributed by atoms with Crippen molar-refractivity contribution in [2.45, 2.75) is 37.1 Å². The maximum Gasteiger partial charge on any atom is 0.240 e. The second-order valence-corrected chi connectivity index (χ2v) is 6.59. The van der Waals surface area contributed by atoms with Crippen molar-refractivity contribution in [1.29, 1.82) is 5.26 Å². The van der Waals surface area contributed by atoms with Crippen molar-refractivity contribution in [1.82, 2.24) is 4.72 Å². The number of nitrogens with zero attached hydrogens (tertiary/aromatic N) is 1. The molecule has 1 saturated carbocycles. The lowest BCUT2D eigenvalue weighted by molar-refractivity contribution is 0.538. The van der Waals surface area contributed by atoms with Gasteiger partial charge in [0.1, 0.15) is 0 Å². The van der Waals surface area contributed by atoms with Crippen LogP contribution >= 0.6 is 0 Å². The zero-order chi connectivity index (χ0) is 13.2. The highest BCUT2D eigenvalue weighted by molar-refractivity contribution is 7.89. The molecular formula is C13H16N2O2S. The molecule has 0 saturated heterocycles. The lowest BCUT2D eigenvalue weighted by Crippen LogP contribution is -2.32. The number of benzene rings is 1. The monoisotopic (exact) mass is 264 g/mol. The van der Waals surface area contributed by atoms with E-state index in [4.69, 9.17) is 5.26 Å². The van der Waals surface area contributed by atoms with Gasteiger partial charge in [0.2, 0.25) is 10.0 Å². The average molecular weight is 264 g/mol. The minimum absolute atomic E-state index is 0.0238. The second kappa shape index (κ2) is 5.09. The Morgan fingerprint density at radius 3 is 2.78 bits per heavy atom. The van der Waals surface area contributed by atoms with E-state index in [0.29, 0.717) is 11.5 Å². The fourth-order valence-corrected chi connectivity index (χ4v) is 3.66. The van der Waals surface area contributed by atoms with Crippen molar-refractivity contribution in [2.75, 3.05) is 0 Å². The highest BCUT2D eigenvalue weighted by atomic mass is 32.2. The number of hydrogen-bond donors (Lipinski definition) is 1. The molecule has 1 aromatic carbocycles. The summed E-state index contributed by atoms with van der Waals surface area (Å²) in [5.74, 6) is 0.572. The maximum atomic E-state index is 12.1. The molecule has 1 aromatic rings. The molecule has 0 aliphatic heterocycles. The Hall–Kier alpha value is -1.38. The summed E-state index contributed by atoms with van der Waals surface area (Å²) in [7, 11) is -3.50. The van der Waals surface area contributed by atoms with Crippen LogP contribution in [0.1, 0.15) is 31.7 Å². The number of rotatable bonds is 3. The third-order valence-electron chi connectivity index (χ3n) is 3.29. The zero-order valence-electron chi connectivity index (χ0n) is 10.3. The summed E-state index contributed by atoms with van der Waals surface area (Å²) in [6.07, 6.45) is 2.83. The van der Waals surface area contributed by atoms with Crippen molar-refractivity contribution >= 4 is 10.0 Å². The molecule has 18 heavy (non-hydrogen) atoms. The van der Waals surface area contributed by atoms with E-state index in [1.165, 1.54) is 12.1 Å². The summed E-state index contributed by atoms with van der Waals surface area (Å²) in [6.45, 7) is 2.13. The maximum absolute atomic E-state index is 12.1. The topological polar surface area (TPSA) is 70.0 Å². The van der Waals surface area contributed by atoms with Crippen molar-refractivity contribution < 1.29 is 8.42 Å². The number of hydrogen-bond acceptors (Lipinski definition) is 3. The summed E-state index contributed by atoms with van der Waals surface area (Å²) in [5, 5.41) is 8.78. The molecule has 1 aliphatic carbocycles. The molecule has 0 aromatic heterocycles. The van der Waals surface area contributed by atoms with Crippen LogP contribution in [-0.4, -0.2) is 14.5 Å². The first kappa shape index (κ1) is 13.1. The molecule has 1 aliphatic rings. The predicted octanol–water partition coefficient (Wildman–Crippen LogP) is 2.03. The standard InChI is InChI=1S/C13H16N2O2S/c1-10-5-6-12(7-10)15-18(16,17)13-4-2-3-11(8-13)9-14/h2-4,8,10,12,15H,5-7H2,1H3. The van der Waals surface area contributed by atoms with Gasteiger partial charge in [0.25, 0.3) is 0 Å². The van der Waals surface area contributed by atoms with Gasteiger partial charge >= 0.3 is 0 Å². The molecular weight excluding hydrogens is 248 g/mol. The Balaban J connectivity index is 2.18. The van der Waals surface area contributed by atoms with Gasteiger partial charge in [0.15, 0.2) is 0 Å². The van der Waals surface area contributed by atoms with Gasteiger partial charge in [-0.3, -0.25) is 0 Å². The first-order valence-corrected chi connectivity index (χ1v) is 7.52. The number of nitrogens with one attached hydrogen (secondary N) is 1. The molecule has 0 amide bonds. The summed E-state index contributed by atoms with van der Waals surface area (Å²) in [5.41, 5.74) is 0.359. The predicted molar refractivity (Wildman–Crippen MR) is 68.3 cm³/mol. The van der Waals surface area contributed by atoms with Crippen molar-refractivity contribution in [2.24, 2.45) is 5.92 Å². The fraction of sp³-hybridized carbons (Fsp3) is 0.462. The van der Waals surface area contributed by atoms with Gasteiger partial charge in [-0.2, -0.15) is 5.26 Å². The van der Waals surface area contributed by atoms with Crippen LogP contribution in [0.25, 0.3) is 0 Å². The first-order valence-electron chi connectivity index (χ1n) is 6.04. The molecule has 0 bridgehead atoms. The van der Waals surface area contributed by atoms with E-state index in [1.807, 2.05) is 6.07 Å². The molecule has 96 valence electrons. The van der Waals surface area contributed by atoms with E-state index in [-0.39, 0.29) is 10.9 Å². The molecule has 2 rings (SSSR count). The van der Waals surface area contributed by atoms with Crippen LogP contribution in [0.3, 0.4) is 0 Å². The van der Waals surface area contributed by atoms with Crippen LogP contribution in [-0.2, 0) is 10.0 Å². The Morgan fingerprint density at radius 2 is 2.17 bits per heavy atom. The summed E-state index contributed by atoms with van der Waals surface area (Å²) < 4.78 is 27.0. The van der Waals surface area contributed by atoms with Gasteiger partial charge in [0, 0.05) is 6.04 Å². The van der Waals surface area contributed by atoms with Gasteiger partial charge in [-0.15, -0.1) is 0 Å². The number of nitriles is 1. The molecule has 1 fully saturated rings. The molecule has 1 N–H and O–H groups in total. The highest BCUT2D eigenvalue weighted by Crippen LogP contribution is 2.26. The molecule has 2 atom stereocenters. The van der Waals surface area contributed by atoms with Crippen LogP contribution in [0.4, 0.5) is 0 Å². The largest absolute Gasteiger partial charge is 0.240 e. The molecule has 0 spiro atoms. The minimum Gasteiger partial charge on any atom is -0.208 e. The Morgan fingerprint density at radius 1 is 1.39 bits per heavy atom. The lowest BCUT2D eigenvalue weighted by Gasteiger charge is -2.13. The summed E-state index contributed by atoms with van der Waals surface area (Å²) in [6, 6.07) is 8.07. The van der Waals surface area contributed by atoms with Crippen LogP contribution < -0.4 is 4.72 Å². The zero-order valence-corrected chi connectivity index (χ0v) is 11.1. The normalized spacial score (nSPS) is 23.8. The fourth-order valence-electron chi connectivity index (χ4n) is 2.33. The third-order valence-corrected chi connectivity index (χ3v) is 4.81. The van der Waals surface area contributed by atoms with E-state index in [9.17, 15) is 8.42 Å². The van der Waals surface area contributed by atoms with Gasteiger partial charge in [-0.05, 0) is 43.4 Å². The quantitative estimate of drug-likeness (QED) is 0.908. The van der Waals surface area contributed by atoms with Crippen LogP contribution in [0.2, 0.25) is 0 Å². The van der Waals surface area contributed by atoms with E-state index in [0.717, 1.165) is 19.3 Å². The number of sulfonamides is 1. The van der Waals surface area contributed by atoms with E-state index in [1.54, 1.807) is 12.1 Å². The molecule has 2 unspecified atom stereocenters. The van der Waals surface area contributed by atoms with Crippen LogP contribution in [0, 0.1) is 17.2 Å².